The molecular weight excluding hydrogens is 262 g/mol. The van der Waals surface area contributed by atoms with E-state index in [9.17, 15) is 4.79 Å². The van der Waals surface area contributed by atoms with E-state index in [1.807, 2.05) is 19.1 Å². The predicted molar refractivity (Wildman–Crippen MR) is 72.3 cm³/mol. The van der Waals surface area contributed by atoms with Gasteiger partial charge in [0.05, 0.1) is 22.2 Å². The molecule has 0 aliphatic carbocycles. The second-order valence-corrected chi connectivity index (χ2v) is 4.42. The highest BCUT2D eigenvalue weighted by Crippen LogP contribution is 2.26. The summed E-state index contributed by atoms with van der Waals surface area (Å²) in [6, 6.07) is 13.4. The summed E-state index contributed by atoms with van der Waals surface area (Å²) in [6.07, 6.45) is 0. The van der Waals surface area contributed by atoms with E-state index in [0.717, 1.165) is 5.56 Å². The maximum Gasteiger partial charge on any atom is 0.343 e. The maximum absolute atomic E-state index is 11.9. The summed E-state index contributed by atoms with van der Waals surface area (Å²) >= 11 is 5.96. The van der Waals surface area contributed by atoms with Crippen molar-refractivity contribution in [3.8, 4) is 11.8 Å². The lowest BCUT2D eigenvalue weighted by Crippen LogP contribution is -2.08. The van der Waals surface area contributed by atoms with Crippen LogP contribution in [0.1, 0.15) is 21.5 Å². The number of hydrogen-bond donors (Lipinski definition) is 0. The molecule has 0 amide bonds. The van der Waals surface area contributed by atoms with Gasteiger partial charge in [-0.25, -0.2) is 4.79 Å². The van der Waals surface area contributed by atoms with Crippen LogP contribution in [0.2, 0.25) is 5.02 Å². The zero-order chi connectivity index (χ0) is 13.8. The Bertz CT molecular complexity index is 657. The number of hydrogen-bond acceptors (Lipinski definition) is 3. The normalized spacial score (nSPS) is 9.74. The summed E-state index contributed by atoms with van der Waals surface area (Å²) in [5.41, 5.74) is 1.81. The van der Waals surface area contributed by atoms with Gasteiger partial charge < -0.3 is 4.74 Å². The molecule has 2 aromatic rings. The molecule has 0 bridgehead atoms. The number of benzene rings is 2. The smallest absolute Gasteiger partial charge is 0.343 e. The lowest BCUT2D eigenvalue weighted by Gasteiger charge is -2.07. The van der Waals surface area contributed by atoms with Crippen LogP contribution in [0, 0.1) is 18.3 Å². The van der Waals surface area contributed by atoms with Crippen LogP contribution in [0.15, 0.2) is 42.5 Å². The third kappa shape index (κ3) is 3.12. The van der Waals surface area contributed by atoms with Gasteiger partial charge in [-0.3, -0.25) is 0 Å². The summed E-state index contributed by atoms with van der Waals surface area (Å²) in [6.45, 7) is 1.88. The molecule has 3 nitrogen and oxygen atoms in total. The van der Waals surface area contributed by atoms with E-state index in [0.29, 0.717) is 21.9 Å². The number of ether oxygens (including phenoxy) is 1. The van der Waals surface area contributed by atoms with Gasteiger partial charge in [0.1, 0.15) is 5.75 Å². The van der Waals surface area contributed by atoms with E-state index < -0.39 is 5.97 Å². The average Bonchev–Trinajstić information content (AvgIpc) is 2.43. The van der Waals surface area contributed by atoms with Gasteiger partial charge in [-0.1, -0.05) is 17.7 Å². The molecule has 19 heavy (non-hydrogen) atoms. The van der Waals surface area contributed by atoms with Crippen molar-refractivity contribution in [3.63, 3.8) is 0 Å². The predicted octanol–water partition coefficient (Wildman–Crippen LogP) is 3.74. The number of rotatable bonds is 2. The van der Waals surface area contributed by atoms with E-state index in [2.05, 4.69) is 0 Å². The largest absolute Gasteiger partial charge is 0.421 e. The molecule has 0 heterocycles. The molecule has 0 aliphatic rings. The lowest BCUT2D eigenvalue weighted by atomic mass is 10.1. The first-order valence-corrected chi connectivity index (χ1v) is 5.96. The quantitative estimate of drug-likeness (QED) is 0.617. The van der Waals surface area contributed by atoms with Crippen LogP contribution in [0.5, 0.6) is 5.75 Å². The first-order valence-electron chi connectivity index (χ1n) is 5.58. The highest BCUT2D eigenvalue weighted by Gasteiger charge is 2.11. The van der Waals surface area contributed by atoms with Gasteiger partial charge in [0.25, 0.3) is 0 Å². The molecule has 0 fully saturated rings. The number of esters is 1. The van der Waals surface area contributed by atoms with Crippen molar-refractivity contribution in [3.05, 3.63) is 64.2 Å². The summed E-state index contributed by atoms with van der Waals surface area (Å²) in [5, 5.41) is 9.07. The minimum absolute atomic E-state index is 0.330. The van der Waals surface area contributed by atoms with Crippen LogP contribution in [-0.4, -0.2) is 5.97 Å². The van der Waals surface area contributed by atoms with Crippen molar-refractivity contribution in [1.29, 1.82) is 5.26 Å². The first kappa shape index (κ1) is 13.1. The Kier molecular flexibility index (Phi) is 3.84. The third-order valence-corrected chi connectivity index (χ3v) is 2.85. The molecule has 0 saturated carbocycles. The van der Waals surface area contributed by atoms with E-state index in [1.165, 1.54) is 0 Å². The molecule has 94 valence electrons. The molecule has 2 rings (SSSR count). The molecule has 4 heteroatoms. The Morgan fingerprint density at radius 1 is 1.21 bits per heavy atom. The van der Waals surface area contributed by atoms with Crippen molar-refractivity contribution < 1.29 is 9.53 Å². The van der Waals surface area contributed by atoms with Gasteiger partial charge in [-0.2, -0.15) is 5.26 Å². The van der Waals surface area contributed by atoms with E-state index in [-0.39, 0.29) is 0 Å². The van der Waals surface area contributed by atoms with Gasteiger partial charge in [0, 0.05) is 0 Å². The molecule has 0 radical (unpaired) electrons. The molecule has 0 saturated heterocycles. The summed E-state index contributed by atoms with van der Waals surface area (Å²) < 4.78 is 5.23. The van der Waals surface area contributed by atoms with E-state index in [4.69, 9.17) is 21.6 Å². The van der Waals surface area contributed by atoms with Crippen LogP contribution in [-0.2, 0) is 0 Å². The van der Waals surface area contributed by atoms with Gasteiger partial charge in [-0.05, 0) is 48.9 Å². The van der Waals surface area contributed by atoms with Crippen molar-refractivity contribution >= 4 is 17.6 Å². The van der Waals surface area contributed by atoms with Crippen molar-refractivity contribution in [2.75, 3.05) is 0 Å². The van der Waals surface area contributed by atoms with Crippen LogP contribution in [0.4, 0.5) is 0 Å². The van der Waals surface area contributed by atoms with E-state index in [1.54, 1.807) is 36.4 Å². The van der Waals surface area contributed by atoms with Gasteiger partial charge in [-0.15, -0.1) is 0 Å². The fourth-order valence-corrected chi connectivity index (χ4v) is 1.68. The number of carbonyl (C=O) groups is 1. The lowest BCUT2D eigenvalue weighted by molar-refractivity contribution is 0.0735. The highest BCUT2D eigenvalue weighted by molar-refractivity contribution is 6.32. The Hall–Kier alpha value is -2.31. The number of aryl methyl sites for hydroxylation is 1. The molecule has 0 unspecified atom stereocenters. The second-order valence-electron chi connectivity index (χ2n) is 4.01. The van der Waals surface area contributed by atoms with Crippen LogP contribution in [0.3, 0.4) is 0 Å². The van der Waals surface area contributed by atoms with Crippen molar-refractivity contribution in [2.24, 2.45) is 0 Å². The Morgan fingerprint density at radius 2 is 1.89 bits per heavy atom. The molecule has 0 spiro atoms. The van der Waals surface area contributed by atoms with Gasteiger partial charge >= 0.3 is 5.97 Å². The minimum atomic E-state index is -0.503. The van der Waals surface area contributed by atoms with Crippen LogP contribution < -0.4 is 4.74 Å². The molecule has 0 atom stereocenters. The average molecular weight is 272 g/mol. The second kappa shape index (κ2) is 5.55. The number of halogens is 1. The summed E-state index contributed by atoms with van der Waals surface area (Å²) in [7, 11) is 0. The fraction of sp³-hybridized carbons (Fsp3) is 0.0667. The SMILES string of the molecule is Cc1ccc(Cl)c(OC(=O)c2ccc(C#N)cc2)c1. The van der Waals surface area contributed by atoms with Crippen LogP contribution >= 0.6 is 11.6 Å². The summed E-state index contributed by atoms with van der Waals surface area (Å²) in [4.78, 5) is 11.9. The molecular formula is C15H10ClNO2. The number of nitriles is 1. The standard InChI is InChI=1S/C15H10ClNO2/c1-10-2-7-13(16)14(8-10)19-15(18)12-5-3-11(9-17)4-6-12/h2-8H,1H3. The number of nitrogens with zero attached hydrogens (tertiary/aromatic N) is 1. The Morgan fingerprint density at radius 3 is 2.53 bits per heavy atom. The zero-order valence-corrected chi connectivity index (χ0v) is 10.9. The molecule has 2 aromatic carbocycles. The summed E-state index contributed by atoms with van der Waals surface area (Å²) in [5.74, 6) is -0.173. The highest BCUT2D eigenvalue weighted by atomic mass is 35.5. The molecule has 0 N–H and O–H groups in total. The van der Waals surface area contributed by atoms with E-state index >= 15 is 0 Å². The minimum Gasteiger partial charge on any atom is -0.421 e. The fourth-order valence-electron chi connectivity index (χ4n) is 1.53. The Balaban J connectivity index is 2.21. The zero-order valence-electron chi connectivity index (χ0n) is 10.2. The van der Waals surface area contributed by atoms with Crippen molar-refractivity contribution in [1.82, 2.24) is 0 Å². The van der Waals surface area contributed by atoms with Gasteiger partial charge in [0.2, 0.25) is 0 Å². The topological polar surface area (TPSA) is 50.1 Å². The maximum atomic E-state index is 11.9. The molecule has 0 aliphatic heterocycles. The van der Waals surface area contributed by atoms with Crippen LogP contribution in [0.25, 0.3) is 0 Å². The van der Waals surface area contributed by atoms with Gasteiger partial charge in [0.15, 0.2) is 0 Å². The Labute approximate surface area is 116 Å². The van der Waals surface area contributed by atoms with Crippen molar-refractivity contribution in [2.45, 2.75) is 6.92 Å². The monoisotopic (exact) mass is 271 g/mol. The molecule has 0 aromatic heterocycles. The first-order chi connectivity index (χ1) is 9.10. The number of carbonyl (C=O) groups excluding carboxylic acids is 1. The third-order valence-electron chi connectivity index (χ3n) is 2.54.